The van der Waals surface area contributed by atoms with E-state index in [1.54, 1.807) is 32.2 Å². The van der Waals surface area contributed by atoms with Crippen molar-refractivity contribution >= 4 is 17.6 Å². The molecule has 10 heteroatoms. The van der Waals surface area contributed by atoms with E-state index >= 15 is 0 Å². The van der Waals surface area contributed by atoms with Crippen LogP contribution in [-0.4, -0.2) is 34.9 Å². The number of hydrogen-bond acceptors (Lipinski definition) is 8. The Balaban J connectivity index is 1.53. The number of ether oxygens (including phenoxy) is 3. The quantitative estimate of drug-likeness (QED) is 0.345. The molecular weight excluding hydrogens is 440 g/mol. The van der Waals surface area contributed by atoms with E-state index in [9.17, 15) is 14.9 Å². The summed E-state index contributed by atoms with van der Waals surface area (Å²) in [4.78, 5) is 32.9. The maximum absolute atomic E-state index is 13.0. The number of fused-ring (bicyclic) bond motifs is 1. The number of nitrogens with zero attached hydrogens (tertiary/aromatic N) is 2. The Morgan fingerprint density at radius 3 is 2.69 bits per heavy atom. The lowest BCUT2D eigenvalue weighted by molar-refractivity contribution is -0.770. The summed E-state index contributed by atoms with van der Waals surface area (Å²) < 4.78 is 17.3. The van der Waals surface area contributed by atoms with Crippen molar-refractivity contribution in [2.75, 3.05) is 6.61 Å². The smallest absolute Gasteiger partial charge is 0.314 e. The van der Waals surface area contributed by atoms with Gasteiger partial charge in [0.2, 0.25) is 0 Å². The summed E-state index contributed by atoms with van der Waals surface area (Å²) >= 11 is 5.99. The van der Waals surface area contributed by atoms with Gasteiger partial charge in [-0.05, 0) is 44.4 Å². The van der Waals surface area contributed by atoms with Gasteiger partial charge in [-0.3, -0.25) is 9.78 Å². The van der Waals surface area contributed by atoms with Gasteiger partial charge < -0.3 is 19.0 Å². The first kappa shape index (κ1) is 22.4. The van der Waals surface area contributed by atoms with E-state index in [2.05, 4.69) is 4.98 Å². The van der Waals surface area contributed by atoms with Gasteiger partial charge in [0.05, 0.1) is 24.3 Å². The largest absolute Gasteiger partial charge is 0.424 e. The van der Waals surface area contributed by atoms with Crippen LogP contribution in [0.3, 0.4) is 0 Å². The molecule has 2 aliphatic rings. The summed E-state index contributed by atoms with van der Waals surface area (Å²) in [6.07, 6.45) is 0.490. The fourth-order valence-electron chi connectivity index (χ4n) is 4.28. The van der Waals surface area contributed by atoms with Crippen LogP contribution in [0, 0.1) is 23.0 Å². The molecule has 2 aromatic rings. The highest BCUT2D eigenvalue weighted by atomic mass is 35.5. The minimum Gasteiger partial charge on any atom is -0.424 e. The molecule has 1 aromatic carbocycles. The maximum atomic E-state index is 13.0. The van der Waals surface area contributed by atoms with Crippen molar-refractivity contribution in [2.45, 2.75) is 51.6 Å². The summed E-state index contributed by atoms with van der Waals surface area (Å²) in [6.45, 7) is 4.18. The van der Waals surface area contributed by atoms with Crippen molar-refractivity contribution in [2.24, 2.45) is 5.92 Å². The molecular formula is C22H23ClN2O7. The Morgan fingerprint density at radius 1 is 1.28 bits per heavy atom. The molecule has 2 heterocycles. The van der Waals surface area contributed by atoms with Crippen LogP contribution in [0.5, 0.6) is 5.75 Å². The lowest BCUT2D eigenvalue weighted by Crippen LogP contribution is -2.28. The molecule has 32 heavy (non-hydrogen) atoms. The molecule has 1 unspecified atom stereocenters. The van der Waals surface area contributed by atoms with Crippen molar-refractivity contribution in [3.63, 3.8) is 0 Å². The molecule has 0 N–H and O–H groups in total. The summed E-state index contributed by atoms with van der Waals surface area (Å²) in [5.74, 6) is -0.700. The summed E-state index contributed by atoms with van der Waals surface area (Å²) in [5, 5.41) is 10.6. The molecule has 0 spiro atoms. The van der Waals surface area contributed by atoms with Crippen LogP contribution >= 0.6 is 11.6 Å². The van der Waals surface area contributed by atoms with Crippen LogP contribution in [0.1, 0.15) is 48.3 Å². The number of aryl methyl sites for hydroxylation is 1. The predicted octanol–water partition coefficient (Wildman–Crippen LogP) is 3.96. The van der Waals surface area contributed by atoms with Crippen LogP contribution in [0.25, 0.3) is 0 Å². The Kier molecular flexibility index (Phi) is 6.59. The summed E-state index contributed by atoms with van der Waals surface area (Å²) in [7, 11) is 0. The van der Waals surface area contributed by atoms with Crippen LogP contribution in [0.4, 0.5) is 0 Å². The zero-order chi connectivity index (χ0) is 22.8. The van der Waals surface area contributed by atoms with Gasteiger partial charge in [0, 0.05) is 29.0 Å². The molecule has 170 valence electrons. The first-order valence-electron chi connectivity index (χ1n) is 10.4. The highest BCUT2D eigenvalue weighted by Crippen LogP contribution is 2.42. The van der Waals surface area contributed by atoms with Crippen molar-refractivity contribution in [3.8, 4) is 5.75 Å². The van der Waals surface area contributed by atoms with Crippen LogP contribution in [0.15, 0.2) is 30.5 Å². The van der Waals surface area contributed by atoms with E-state index in [-0.39, 0.29) is 25.6 Å². The number of pyridine rings is 1. The second kappa shape index (κ2) is 9.40. The normalized spacial score (nSPS) is 24.2. The van der Waals surface area contributed by atoms with Crippen LogP contribution < -0.4 is 4.74 Å². The zero-order valence-electron chi connectivity index (χ0n) is 17.7. The molecule has 1 aromatic heterocycles. The third kappa shape index (κ3) is 4.55. The fourth-order valence-corrected chi connectivity index (χ4v) is 4.41. The minimum atomic E-state index is -0.850. The molecule has 4 rings (SSSR count). The van der Waals surface area contributed by atoms with Crippen LogP contribution in [0.2, 0.25) is 5.02 Å². The molecule has 0 saturated heterocycles. The Labute approximate surface area is 189 Å². The second-order valence-electron chi connectivity index (χ2n) is 7.80. The monoisotopic (exact) mass is 462 g/mol. The van der Waals surface area contributed by atoms with E-state index in [1.807, 2.05) is 12.1 Å². The van der Waals surface area contributed by atoms with Crippen molar-refractivity contribution in [1.29, 1.82) is 0 Å². The average molecular weight is 463 g/mol. The van der Waals surface area contributed by atoms with E-state index in [4.69, 9.17) is 30.6 Å². The zero-order valence-corrected chi connectivity index (χ0v) is 18.4. The van der Waals surface area contributed by atoms with E-state index in [0.717, 1.165) is 16.7 Å². The third-order valence-electron chi connectivity index (χ3n) is 5.78. The van der Waals surface area contributed by atoms with Gasteiger partial charge in [-0.25, -0.2) is 0 Å². The second-order valence-corrected chi connectivity index (χ2v) is 8.24. The molecule has 0 radical (unpaired) electrons. The van der Waals surface area contributed by atoms with Crippen molar-refractivity contribution in [1.82, 2.24) is 4.98 Å². The van der Waals surface area contributed by atoms with E-state index < -0.39 is 29.2 Å². The van der Waals surface area contributed by atoms with E-state index in [0.29, 0.717) is 23.1 Å². The van der Waals surface area contributed by atoms with Gasteiger partial charge in [0.25, 0.3) is 5.09 Å². The van der Waals surface area contributed by atoms with Crippen molar-refractivity contribution < 1.29 is 28.9 Å². The highest BCUT2D eigenvalue weighted by molar-refractivity contribution is 6.30. The number of aromatic nitrogens is 1. The number of hydrogen-bond donors (Lipinski definition) is 0. The van der Waals surface area contributed by atoms with Gasteiger partial charge in [-0.15, -0.1) is 10.1 Å². The molecule has 4 atom stereocenters. The fraction of sp³-hybridized carbons (Fsp3) is 0.455. The van der Waals surface area contributed by atoms with Gasteiger partial charge in [-0.2, -0.15) is 0 Å². The average Bonchev–Trinajstić information content (AvgIpc) is 3.35. The topological polar surface area (TPSA) is 110 Å². The molecule has 0 bridgehead atoms. The SMILES string of the molecule is CCO[C@H]1C[C@@H](C(=O)Oc2c(C)ncc3c2COC3c2ccc(Cl)cc2)C[C@@H]1O[N+](=O)[O-]. The molecule has 1 aliphatic carbocycles. The Hall–Kier alpha value is -2.75. The number of benzene rings is 1. The first-order valence-corrected chi connectivity index (χ1v) is 10.7. The van der Waals surface area contributed by atoms with Gasteiger partial charge in [-0.1, -0.05) is 23.7 Å². The minimum absolute atomic E-state index is 0.149. The standard InChI is InChI=1S/C22H23ClN2O7/c1-3-29-18-8-14(9-19(18)32-25(27)28)22(26)31-20-12(2)24-10-16-17(20)11-30-21(16)13-4-6-15(23)7-5-13/h4-7,10,14,18-19,21H,3,8-9,11H2,1-2H3/t14-,18+,19+,21?/m1/s1. The number of halogens is 1. The summed E-state index contributed by atoms with van der Waals surface area (Å²) in [5.41, 5.74) is 3.08. The van der Waals surface area contributed by atoms with Gasteiger partial charge in [0.15, 0.2) is 5.75 Å². The molecule has 1 fully saturated rings. The van der Waals surface area contributed by atoms with Gasteiger partial charge in [0.1, 0.15) is 12.2 Å². The summed E-state index contributed by atoms with van der Waals surface area (Å²) in [6, 6.07) is 7.35. The molecule has 0 amide bonds. The highest BCUT2D eigenvalue weighted by Gasteiger charge is 2.42. The van der Waals surface area contributed by atoms with Crippen LogP contribution in [-0.2, 0) is 25.7 Å². The first-order chi connectivity index (χ1) is 15.4. The molecule has 1 aliphatic heterocycles. The number of rotatable bonds is 7. The number of carbonyl (C=O) groups excluding carboxylic acids is 1. The van der Waals surface area contributed by atoms with E-state index in [1.165, 1.54) is 0 Å². The van der Waals surface area contributed by atoms with Gasteiger partial charge >= 0.3 is 5.97 Å². The van der Waals surface area contributed by atoms with Crippen molar-refractivity contribution in [3.05, 3.63) is 68.0 Å². The Morgan fingerprint density at radius 2 is 2.00 bits per heavy atom. The predicted molar refractivity (Wildman–Crippen MR) is 113 cm³/mol. The Bertz CT molecular complexity index is 1010. The number of carbonyl (C=O) groups is 1. The third-order valence-corrected chi connectivity index (χ3v) is 6.04. The maximum Gasteiger partial charge on any atom is 0.314 e. The molecule has 1 saturated carbocycles. The number of esters is 1. The lowest BCUT2D eigenvalue weighted by Gasteiger charge is -2.16. The lowest BCUT2D eigenvalue weighted by atomic mass is 10.00. The molecule has 9 nitrogen and oxygen atoms in total.